The van der Waals surface area contributed by atoms with Gasteiger partial charge in [-0.2, -0.15) is 0 Å². The summed E-state index contributed by atoms with van der Waals surface area (Å²) < 4.78 is 4.88. The fraction of sp³-hybridized carbons (Fsp3) is 0. The normalized spacial score (nSPS) is 12.4. The first-order chi connectivity index (χ1) is 24.8. The van der Waals surface area contributed by atoms with Crippen molar-refractivity contribution in [1.82, 2.24) is 18.9 Å². The molecule has 0 saturated heterocycles. The average Bonchev–Trinajstić information content (AvgIpc) is 3.65. The zero-order chi connectivity index (χ0) is 32.5. The van der Waals surface area contributed by atoms with E-state index < -0.39 is 0 Å². The molecule has 0 radical (unpaired) electrons. The van der Waals surface area contributed by atoms with Gasteiger partial charge in [-0.3, -0.25) is 4.57 Å². The van der Waals surface area contributed by atoms with Crippen LogP contribution in [0.2, 0.25) is 0 Å². The van der Waals surface area contributed by atoms with Crippen molar-refractivity contribution < 1.29 is 0 Å². The molecule has 0 bridgehead atoms. The molecule has 0 saturated carbocycles. The molecule has 0 aliphatic rings. The van der Waals surface area contributed by atoms with Gasteiger partial charge >= 0.3 is 0 Å². The largest absolute Gasteiger partial charge is 0.308 e. The van der Waals surface area contributed by atoms with Crippen molar-refractivity contribution in [3.8, 4) is 17.1 Å². The summed E-state index contributed by atoms with van der Waals surface area (Å²) in [6.07, 6.45) is 0. The van der Waals surface area contributed by atoms with Crippen LogP contribution in [0.15, 0.2) is 158 Å². The molecule has 0 fully saturated rings. The Bertz CT molecular complexity index is 3370. The molecule has 12 aromatic rings. The van der Waals surface area contributed by atoms with Crippen LogP contribution in [0.1, 0.15) is 0 Å². The maximum Gasteiger partial charge on any atom is 0.165 e. The summed E-state index contributed by atoms with van der Waals surface area (Å²) in [7, 11) is 0. The molecule has 0 aliphatic heterocycles. The lowest BCUT2D eigenvalue weighted by Crippen LogP contribution is -2.04. The highest BCUT2D eigenvalue weighted by atomic mass is 15.1. The Labute approximate surface area is 285 Å². The van der Waals surface area contributed by atoms with E-state index in [1.54, 1.807) is 0 Å². The van der Waals surface area contributed by atoms with E-state index in [0.717, 1.165) is 49.9 Å². The lowest BCUT2D eigenvalue weighted by atomic mass is 9.97. The topological polar surface area (TPSA) is 35.1 Å². The third-order valence-corrected chi connectivity index (χ3v) is 10.8. The highest BCUT2D eigenvalue weighted by molar-refractivity contribution is 6.36. The van der Waals surface area contributed by atoms with Gasteiger partial charge in [0.1, 0.15) is 5.69 Å². The number of nitrogens with zero attached hydrogens (tertiary/aromatic N) is 4. The number of para-hydroxylation sites is 2. The van der Waals surface area contributed by atoms with Crippen molar-refractivity contribution in [1.29, 1.82) is 0 Å². The zero-order valence-electron chi connectivity index (χ0n) is 26.8. The van der Waals surface area contributed by atoms with Crippen molar-refractivity contribution in [3.05, 3.63) is 158 Å². The predicted octanol–water partition coefficient (Wildman–Crippen LogP) is 11.9. The van der Waals surface area contributed by atoms with E-state index in [0.29, 0.717) is 0 Å². The zero-order valence-corrected chi connectivity index (χ0v) is 26.8. The summed E-state index contributed by atoms with van der Waals surface area (Å²) in [4.78, 5) is 11.0. The van der Waals surface area contributed by atoms with E-state index >= 15 is 0 Å². The van der Waals surface area contributed by atoms with Gasteiger partial charge in [-0.05, 0) is 46.5 Å². The van der Waals surface area contributed by atoms with Gasteiger partial charge in [0.15, 0.2) is 5.82 Å². The molecule has 0 amide bonds. The summed E-state index contributed by atoms with van der Waals surface area (Å²) in [5.41, 5.74) is 9.56. The Morgan fingerprint density at radius 3 is 1.98 bits per heavy atom. The lowest BCUT2D eigenvalue weighted by molar-refractivity contribution is 1.08. The number of aromatic nitrogens is 4. The quantitative estimate of drug-likeness (QED) is 0.177. The van der Waals surface area contributed by atoms with Crippen LogP contribution in [-0.2, 0) is 0 Å². The molecule has 0 spiro atoms. The Morgan fingerprint density at radius 2 is 1.08 bits per heavy atom. The van der Waals surface area contributed by atoms with Gasteiger partial charge in [-0.1, -0.05) is 127 Å². The second-order valence-corrected chi connectivity index (χ2v) is 13.3. The van der Waals surface area contributed by atoms with Crippen molar-refractivity contribution in [2.45, 2.75) is 0 Å². The summed E-state index contributed by atoms with van der Waals surface area (Å²) >= 11 is 0. The molecule has 0 atom stereocenters. The van der Waals surface area contributed by atoms with Gasteiger partial charge < -0.3 is 4.40 Å². The molecule has 0 unspecified atom stereocenters. The van der Waals surface area contributed by atoms with Gasteiger partial charge in [0.2, 0.25) is 0 Å². The molecule has 4 heterocycles. The molecule has 230 valence electrons. The van der Waals surface area contributed by atoms with E-state index in [2.05, 4.69) is 167 Å². The van der Waals surface area contributed by atoms with Crippen LogP contribution in [0, 0.1) is 0 Å². The van der Waals surface area contributed by atoms with Crippen molar-refractivity contribution >= 4 is 92.5 Å². The van der Waals surface area contributed by atoms with E-state index in [-0.39, 0.29) is 0 Å². The van der Waals surface area contributed by atoms with Crippen LogP contribution in [0.5, 0.6) is 0 Å². The van der Waals surface area contributed by atoms with Crippen molar-refractivity contribution in [2.75, 3.05) is 0 Å². The average molecular weight is 635 g/mol. The summed E-state index contributed by atoms with van der Waals surface area (Å²) in [6, 6.07) is 56.8. The van der Waals surface area contributed by atoms with E-state index in [1.165, 1.54) is 59.6 Å². The number of hydrogen-bond acceptors (Lipinski definition) is 2. The second-order valence-electron chi connectivity index (χ2n) is 13.3. The van der Waals surface area contributed by atoms with Crippen molar-refractivity contribution in [2.24, 2.45) is 0 Å². The molecule has 0 aliphatic carbocycles. The molecule has 4 aromatic heterocycles. The maximum absolute atomic E-state index is 5.62. The van der Waals surface area contributed by atoms with E-state index in [1.807, 2.05) is 0 Å². The highest BCUT2D eigenvalue weighted by Gasteiger charge is 2.26. The van der Waals surface area contributed by atoms with Crippen LogP contribution >= 0.6 is 0 Å². The van der Waals surface area contributed by atoms with Crippen LogP contribution < -0.4 is 0 Å². The van der Waals surface area contributed by atoms with Crippen molar-refractivity contribution in [3.63, 3.8) is 0 Å². The first-order valence-corrected chi connectivity index (χ1v) is 17.1. The molecule has 4 heteroatoms. The first kappa shape index (κ1) is 26.2. The SMILES string of the molecule is c1ccc(-c2nc3ccc4ccccc4c3nc2-n2c3cc4ccccc4c4c5cccc6c7ccccc7n(c7cccc2c7c43)c65)cc1. The third kappa shape index (κ3) is 3.25. The monoisotopic (exact) mass is 634 g/mol. The minimum atomic E-state index is 0.829. The lowest BCUT2D eigenvalue weighted by Gasteiger charge is -2.15. The molecule has 8 aromatic carbocycles. The standard InChI is InChI=1S/C46H26N4/c1-2-13-28(14-3-1)43-46(48-44-31-17-7-4-12-27(31)24-25-35(44)47-43)50-38-23-11-22-37-41(38)42-39(50)26-29-15-5-6-16-30(29)40(42)34-20-10-19-33-32-18-8-9-21-36(32)49(37)45(33)34/h1-26H. The Kier molecular flexibility index (Phi) is 4.94. The first-order valence-electron chi connectivity index (χ1n) is 17.1. The number of hydrogen-bond donors (Lipinski definition) is 0. The number of benzene rings is 8. The number of rotatable bonds is 2. The van der Waals surface area contributed by atoms with Gasteiger partial charge in [0, 0.05) is 43.3 Å². The second kappa shape index (κ2) is 9.43. The van der Waals surface area contributed by atoms with Crippen LogP contribution in [-0.4, -0.2) is 18.9 Å². The third-order valence-electron chi connectivity index (χ3n) is 10.8. The van der Waals surface area contributed by atoms with Gasteiger partial charge in [0.25, 0.3) is 0 Å². The molecule has 50 heavy (non-hydrogen) atoms. The van der Waals surface area contributed by atoms with E-state index in [9.17, 15) is 0 Å². The summed E-state index contributed by atoms with van der Waals surface area (Å²) in [5, 5.41) is 12.2. The van der Waals surface area contributed by atoms with Gasteiger partial charge in [0.05, 0.1) is 38.6 Å². The maximum atomic E-state index is 5.62. The summed E-state index contributed by atoms with van der Waals surface area (Å²) in [6.45, 7) is 0. The van der Waals surface area contributed by atoms with E-state index in [4.69, 9.17) is 9.97 Å². The Hall–Kier alpha value is -6.78. The smallest absolute Gasteiger partial charge is 0.165 e. The van der Waals surface area contributed by atoms with Crippen LogP contribution in [0.4, 0.5) is 0 Å². The highest BCUT2D eigenvalue weighted by Crippen LogP contribution is 2.47. The van der Waals surface area contributed by atoms with Crippen LogP contribution in [0.25, 0.3) is 110 Å². The Balaban J connectivity index is 1.39. The van der Waals surface area contributed by atoms with Gasteiger partial charge in [-0.15, -0.1) is 0 Å². The molecule has 12 rings (SSSR count). The molecular weight excluding hydrogens is 609 g/mol. The summed E-state index contributed by atoms with van der Waals surface area (Å²) in [5.74, 6) is 0.829. The predicted molar refractivity (Wildman–Crippen MR) is 209 cm³/mol. The fourth-order valence-corrected chi connectivity index (χ4v) is 8.75. The number of fused-ring (bicyclic) bond motifs is 10. The fourth-order valence-electron chi connectivity index (χ4n) is 8.75. The van der Waals surface area contributed by atoms with Gasteiger partial charge in [-0.25, -0.2) is 9.97 Å². The van der Waals surface area contributed by atoms with Crippen LogP contribution in [0.3, 0.4) is 0 Å². The molecule has 0 N–H and O–H groups in total. The minimum Gasteiger partial charge on any atom is -0.308 e. The minimum absolute atomic E-state index is 0.829. The molecule has 4 nitrogen and oxygen atoms in total. The molecular formula is C46H26N4. The Morgan fingerprint density at radius 1 is 0.400 bits per heavy atom.